The zero-order valence-corrected chi connectivity index (χ0v) is 21.5. The molecule has 0 radical (unpaired) electrons. The van der Waals surface area contributed by atoms with Crippen LogP contribution in [0, 0.1) is 0 Å². The molecule has 8 heteroatoms. The Morgan fingerprint density at radius 2 is 1.39 bits per heavy atom. The van der Waals surface area contributed by atoms with Crippen LogP contribution >= 0.6 is 23.2 Å². The van der Waals surface area contributed by atoms with Crippen molar-refractivity contribution in [1.82, 2.24) is 4.31 Å². The molecule has 1 N–H and O–H groups in total. The zero-order chi connectivity index (χ0) is 25.7. The minimum absolute atomic E-state index is 0.0225. The molecule has 0 atom stereocenters. The molecule has 4 aromatic carbocycles. The Hall–Kier alpha value is -3.16. The summed E-state index contributed by atoms with van der Waals surface area (Å²) in [4.78, 5) is 11.4. The highest BCUT2D eigenvalue weighted by atomic mass is 35.5. The van der Waals surface area contributed by atoms with Gasteiger partial charge in [-0.3, -0.25) is 0 Å². The third-order valence-electron chi connectivity index (χ3n) is 5.79. The van der Waals surface area contributed by atoms with Crippen LogP contribution in [0.25, 0.3) is 11.1 Å². The summed E-state index contributed by atoms with van der Waals surface area (Å²) in [5.74, 6) is -1.29. The van der Waals surface area contributed by atoms with Gasteiger partial charge in [-0.15, -0.1) is 0 Å². The van der Waals surface area contributed by atoms with E-state index in [1.54, 1.807) is 12.1 Å². The smallest absolute Gasteiger partial charge is 0.337 e. The fraction of sp³-hybridized carbons (Fsp3) is 0.107. The number of hydrogen-bond donors (Lipinski definition) is 1. The lowest BCUT2D eigenvalue weighted by Gasteiger charge is -2.23. The van der Waals surface area contributed by atoms with Crippen molar-refractivity contribution < 1.29 is 18.3 Å². The Kier molecular flexibility index (Phi) is 8.11. The molecule has 36 heavy (non-hydrogen) atoms. The van der Waals surface area contributed by atoms with E-state index in [9.17, 15) is 18.3 Å². The normalized spacial score (nSPS) is 11.5. The summed E-state index contributed by atoms with van der Waals surface area (Å²) in [6, 6.07) is 28.6. The fourth-order valence-electron chi connectivity index (χ4n) is 3.80. The van der Waals surface area contributed by atoms with Crippen molar-refractivity contribution in [2.45, 2.75) is 17.9 Å². The summed E-state index contributed by atoms with van der Waals surface area (Å²) in [5, 5.41) is 10.00. The van der Waals surface area contributed by atoms with Crippen molar-refractivity contribution >= 4 is 39.2 Å². The second kappa shape index (κ2) is 11.3. The predicted octanol–water partition coefficient (Wildman–Crippen LogP) is 6.79. The third-order valence-corrected chi connectivity index (χ3v) is 8.21. The van der Waals surface area contributed by atoms with Gasteiger partial charge in [0.2, 0.25) is 10.0 Å². The maximum Gasteiger partial charge on any atom is 0.337 e. The highest BCUT2D eigenvalue weighted by Gasteiger charge is 2.26. The summed E-state index contributed by atoms with van der Waals surface area (Å²) in [5.41, 5.74) is 3.57. The number of hydrogen-bond acceptors (Lipinski definition) is 3. The van der Waals surface area contributed by atoms with Gasteiger partial charge in [0.25, 0.3) is 0 Å². The van der Waals surface area contributed by atoms with E-state index in [-0.39, 0.29) is 28.6 Å². The van der Waals surface area contributed by atoms with Gasteiger partial charge in [-0.1, -0.05) is 89.9 Å². The monoisotopic (exact) mass is 539 g/mol. The molecule has 0 aliphatic carbocycles. The first-order chi connectivity index (χ1) is 17.2. The first kappa shape index (κ1) is 25.9. The minimum Gasteiger partial charge on any atom is -0.478 e. The van der Waals surface area contributed by atoms with Crippen LogP contribution in [0.2, 0.25) is 10.0 Å². The highest BCUT2D eigenvalue weighted by molar-refractivity contribution is 7.89. The number of aromatic carboxylic acids is 1. The predicted molar refractivity (Wildman–Crippen MR) is 143 cm³/mol. The van der Waals surface area contributed by atoms with Crippen LogP contribution in [-0.2, 0) is 23.0 Å². The number of carboxylic acid groups (broad SMARTS) is 1. The molecule has 0 saturated carbocycles. The molecule has 5 nitrogen and oxygen atoms in total. The van der Waals surface area contributed by atoms with Crippen LogP contribution in [0.1, 0.15) is 21.5 Å². The van der Waals surface area contributed by atoms with E-state index in [2.05, 4.69) is 0 Å². The van der Waals surface area contributed by atoms with E-state index in [1.165, 1.54) is 16.4 Å². The molecule has 0 amide bonds. The van der Waals surface area contributed by atoms with E-state index in [0.717, 1.165) is 28.3 Å². The number of nitrogens with zero attached hydrogens (tertiary/aromatic N) is 1. The van der Waals surface area contributed by atoms with Crippen LogP contribution in [0.5, 0.6) is 0 Å². The van der Waals surface area contributed by atoms with Crippen LogP contribution in [0.4, 0.5) is 0 Å². The molecule has 4 aromatic rings. The Bertz CT molecular complexity index is 1460. The van der Waals surface area contributed by atoms with Gasteiger partial charge < -0.3 is 5.11 Å². The van der Waals surface area contributed by atoms with Gasteiger partial charge in [-0.25, -0.2) is 13.2 Å². The molecule has 0 aromatic heterocycles. The summed E-state index contributed by atoms with van der Waals surface area (Å²) < 4.78 is 28.7. The van der Waals surface area contributed by atoms with E-state index >= 15 is 0 Å². The molecule has 0 bridgehead atoms. The minimum atomic E-state index is -4.03. The topological polar surface area (TPSA) is 74.7 Å². The summed E-state index contributed by atoms with van der Waals surface area (Å²) in [7, 11) is -4.03. The number of benzene rings is 4. The van der Waals surface area contributed by atoms with Crippen molar-refractivity contribution in [1.29, 1.82) is 0 Å². The number of rotatable bonds is 9. The summed E-state index contributed by atoms with van der Waals surface area (Å²) in [6.45, 7) is 0.311. The lowest BCUT2D eigenvalue weighted by molar-refractivity contribution is 0.0697. The van der Waals surface area contributed by atoms with E-state index in [4.69, 9.17) is 23.2 Å². The average molecular weight is 540 g/mol. The molecule has 184 valence electrons. The largest absolute Gasteiger partial charge is 0.478 e. The van der Waals surface area contributed by atoms with Crippen molar-refractivity contribution in [3.8, 4) is 11.1 Å². The van der Waals surface area contributed by atoms with E-state index in [0.29, 0.717) is 11.4 Å². The first-order valence-corrected chi connectivity index (χ1v) is 13.4. The van der Waals surface area contributed by atoms with Gasteiger partial charge in [0.15, 0.2) is 0 Å². The summed E-state index contributed by atoms with van der Waals surface area (Å²) >= 11 is 11.9. The van der Waals surface area contributed by atoms with Crippen molar-refractivity contribution in [3.63, 3.8) is 0 Å². The molecule has 0 aliphatic rings. The van der Waals surface area contributed by atoms with E-state index in [1.807, 2.05) is 66.7 Å². The highest BCUT2D eigenvalue weighted by Crippen LogP contribution is 2.26. The number of halogens is 2. The average Bonchev–Trinajstić information content (AvgIpc) is 2.88. The molecule has 0 fully saturated rings. The van der Waals surface area contributed by atoms with Crippen LogP contribution in [0.3, 0.4) is 0 Å². The standard InChI is InChI=1S/C28H23Cl2NO4S/c29-24-12-8-20(9-13-24)16-17-31(36(34,35)25-14-15-27(30)26(18-25)28(32)33)19-21-6-10-23(11-7-21)22-4-2-1-3-5-22/h1-15,18H,16-17,19H2,(H,32,33). The number of carboxylic acids is 1. The second-order valence-electron chi connectivity index (χ2n) is 8.22. The molecular formula is C28H23Cl2NO4S. The van der Waals surface area contributed by atoms with Crippen LogP contribution in [-0.4, -0.2) is 30.3 Å². The Labute approximate surface area is 220 Å². The molecule has 0 saturated heterocycles. The Morgan fingerprint density at radius 1 is 0.778 bits per heavy atom. The third kappa shape index (κ3) is 6.15. The van der Waals surface area contributed by atoms with Gasteiger partial charge in [-0.2, -0.15) is 4.31 Å². The molecule has 0 heterocycles. The lowest BCUT2D eigenvalue weighted by Crippen LogP contribution is -2.32. The maximum atomic E-state index is 13.7. The fourth-order valence-corrected chi connectivity index (χ4v) is 5.58. The number of carbonyl (C=O) groups is 1. The van der Waals surface area contributed by atoms with Gasteiger partial charge in [-0.05, 0) is 59.0 Å². The molecule has 0 unspecified atom stereocenters. The van der Waals surface area contributed by atoms with Gasteiger partial charge >= 0.3 is 5.97 Å². The molecule has 0 spiro atoms. The second-order valence-corrected chi connectivity index (χ2v) is 11.0. The molecular weight excluding hydrogens is 517 g/mol. The summed E-state index contributed by atoms with van der Waals surface area (Å²) in [6.07, 6.45) is 0.456. The quantitative estimate of drug-likeness (QED) is 0.254. The van der Waals surface area contributed by atoms with Crippen LogP contribution < -0.4 is 0 Å². The van der Waals surface area contributed by atoms with E-state index < -0.39 is 16.0 Å². The first-order valence-electron chi connectivity index (χ1n) is 11.2. The Balaban J connectivity index is 1.64. The lowest BCUT2D eigenvalue weighted by atomic mass is 10.0. The van der Waals surface area contributed by atoms with Gasteiger partial charge in [0.1, 0.15) is 0 Å². The molecule has 4 rings (SSSR count). The Morgan fingerprint density at radius 3 is 2.03 bits per heavy atom. The maximum absolute atomic E-state index is 13.7. The van der Waals surface area contributed by atoms with Crippen LogP contribution in [0.15, 0.2) is 102 Å². The van der Waals surface area contributed by atoms with Crippen molar-refractivity contribution in [2.75, 3.05) is 6.54 Å². The van der Waals surface area contributed by atoms with Crippen molar-refractivity contribution in [2.24, 2.45) is 0 Å². The zero-order valence-electron chi connectivity index (χ0n) is 19.1. The van der Waals surface area contributed by atoms with Crippen molar-refractivity contribution in [3.05, 3.63) is 124 Å². The van der Waals surface area contributed by atoms with Gasteiger partial charge in [0.05, 0.1) is 15.5 Å². The number of sulfonamides is 1. The SMILES string of the molecule is O=C(O)c1cc(S(=O)(=O)N(CCc2ccc(Cl)cc2)Cc2ccc(-c3ccccc3)cc2)ccc1Cl. The molecule has 0 aliphatic heterocycles. The van der Waals surface area contributed by atoms with Gasteiger partial charge in [0, 0.05) is 18.1 Å².